The fraction of sp³-hybridized carbons (Fsp3) is 0.300. The normalized spacial score (nSPS) is 15.0. The predicted molar refractivity (Wildman–Crippen MR) is 139 cm³/mol. The molecular weight excluding hydrogens is 422 g/mol. The van der Waals surface area contributed by atoms with Crippen molar-refractivity contribution in [2.24, 2.45) is 0 Å². The summed E-state index contributed by atoms with van der Waals surface area (Å²) in [7, 11) is 1.68. The first kappa shape index (κ1) is 22.3. The molecule has 0 unspecified atom stereocenters. The van der Waals surface area contributed by atoms with Crippen LogP contribution in [0.4, 0.5) is 0 Å². The van der Waals surface area contributed by atoms with Crippen LogP contribution in [-0.4, -0.2) is 31.0 Å². The van der Waals surface area contributed by atoms with Crippen LogP contribution in [-0.2, 0) is 4.79 Å². The second-order valence-corrected chi connectivity index (χ2v) is 9.24. The molecule has 4 heteroatoms. The third kappa shape index (κ3) is 4.09. The number of carbonyl (C=O) groups is 1. The number of hydrogen-bond donors (Lipinski definition) is 0. The molecule has 0 spiro atoms. The number of amides is 1. The summed E-state index contributed by atoms with van der Waals surface area (Å²) in [5.41, 5.74) is 5.74. The van der Waals surface area contributed by atoms with Gasteiger partial charge in [0.25, 0.3) is 0 Å². The van der Waals surface area contributed by atoms with Crippen molar-refractivity contribution < 1.29 is 13.9 Å². The van der Waals surface area contributed by atoms with Gasteiger partial charge in [0.1, 0.15) is 11.3 Å². The van der Waals surface area contributed by atoms with E-state index in [-0.39, 0.29) is 5.91 Å². The van der Waals surface area contributed by atoms with Crippen molar-refractivity contribution in [2.45, 2.75) is 39.5 Å². The van der Waals surface area contributed by atoms with Gasteiger partial charge in [0.15, 0.2) is 0 Å². The van der Waals surface area contributed by atoms with Gasteiger partial charge in [0.05, 0.1) is 13.4 Å². The van der Waals surface area contributed by atoms with E-state index in [2.05, 4.69) is 48.5 Å². The predicted octanol–water partition coefficient (Wildman–Crippen LogP) is 7.38. The van der Waals surface area contributed by atoms with Crippen molar-refractivity contribution in [3.8, 4) is 16.9 Å². The molecule has 174 valence electrons. The standard InChI is InChI=1S/C30H31NO3/c1-20(16-28(32)31-14-8-4-5-9-15-31)25-18-26-27(19-34-30(26)21(2)29(25)33-3)24-13-12-22-10-6-7-11-23(22)17-24/h6-7,10-13,16-19H,4-5,8-9,14-15H2,1-3H3/b20-16+. The number of fused-ring (bicyclic) bond motifs is 2. The minimum Gasteiger partial charge on any atom is -0.496 e. The van der Waals surface area contributed by atoms with Gasteiger partial charge in [-0.25, -0.2) is 0 Å². The number of carbonyl (C=O) groups excluding carboxylic acids is 1. The Morgan fingerprint density at radius 2 is 1.74 bits per heavy atom. The number of rotatable bonds is 4. The summed E-state index contributed by atoms with van der Waals surface area (Å²) in [5, 5.41) is 3.43. The maximum Gasteiger partial charge on any atom is 0.246 e. The third-order valence-electron chi connectivity index (χ3n) is 6.99. The Hall–Kier alpha value is -3.53. The van der Waals surface area contributed by atoms with Crippen LogP contribution in [0.15, 0.2) is 65.3 Å². The first-order valence-corrected chi connectivity index (χ1v) is 12.1. The number of nitrogens with zero attached hydrogens (tertiary/aromatic N) is 1. The number of benzene rings is 3. The quantitative estimate of drug-likeness (QED) is 0.303. The number of methoxy groups -OCH3 is 1. The zero-order valence-electron chi connectivity index (χ0n) is 20.2. The number of hydrogen-bond acceptors (Lipinski definition) is 3. The lowest BCUT2D eigenvalue weighted by Gasteiger charge is -2.19. The molecule has 1 saturated heterocycles. The molecule has 0 radical (unpaired) electrons. The van der Waals surface area contributed by atoms with Gasteiger partial charge in [-0.05, 0) is 60.7 Å². The highest BCUT2D eigenvalue weighted by Gasteiger charge is 2.20. The van der Waals surface area contributed by atoms with Gasteiger partial charge in [-0.3, -0.25) is 4.79 Å². The second-order valence-electron chi connectivity index (χ2n) is 9.24. The SMILES string of the molecule is COc1c(/C(C)=C/C(=O)N2CCCCCC2)cc2c(-c3ccc4ccccc4c3)coc2c1C. The Balaban J connectivity index is 1.59. The Labute approximate surface area is 200 Å². The highest BCUT2D eigenvalue weighted by atomic mass is 16.5. The van der Waals surface area contributed by atoms with Crippen LogP contribution in [0.25, 0.3) is 38.4 Å². The average molecular weight is 454 g/mol. The molecule has 1 amide bonds. The molecule has 0 aliphatic carbocycles. The van der Waals surface area contributed by atoms with Gasteiger partial charge < -0.3 is 14.1 Å². The molecule has 1 aliphatic heterocycles. The fourth-order valence-corrected chi connectivity index (χ4v) is 5.10. The number of allylic oxidation sites excluding steroid dienone is 1. The minimum absolute atomic E-state index is 0.0844. The molecular formula is C30H31NO3. The van der Waals surface area contributed by atoms with Crippen molar-refractivity contribution in [3.63, 3.8) is 0 Å². The van der Waals surface area contributed by atoms with Gasteiger partial charge in [0.2, 0.25) is 5.91 Å². The van der Waals surface area contributed by atoms with Gasteiger partial charge in [-0.15, -0.1) is 0 Å². The molecule has 4 nitrogen and oxygen atoms in total. The van der Waals surface area contributed by atoms with Crippen molar-refractivity contribution in [1.29, 1.82) is 0 Å². The summed E-state index contributed by atoms with van der Waals surface area (Å²) in [4.78, 5) is 15.0. The summed E-state index contributed by atoms with van der Waals surface area (Å²) in [6, 6.07) is 16.9. The summed E-state index contributed by atoms with van der Waals surface area (Å²) >= 11 is 0. The lowest BCUT2D eigenvalue weighted by molar-refractivity contribution is -0.125. The number of furan rings is 1. The van der Waals surface area contributed by atoms with Crippen LogP contribution >= 0.6 is 0 Å². The zero-order chi connectivity index (χ0) is 23.7. The lowest BCUT2D eigenvalue weighted by Crippen LogP contribution is -2.30. The van der Waals surface area contributed by atoms with Crippen LogP contribution in [0.1, 0.15) is 43.7 Å². The van der Waals surface area contributed by atoms with E-state index in [9.17, 15) is 4.79 Å². The van der Waals surface area contributed by atoms with Crippen molar-refractivity contribution in [2.75, 3.05) is 20.2 Å². The summed E-state index contributed by atoms with van der Waals surface area (Å²) in [5.74, 6) is 0.838. The number of ether oxygens (including phenoxy) is 1. The summed E-state index contributed by atoms with van der Waals surface area (Å²) < 4.78 is 11.8. The molecule has 0 atom stereocenters. The highest BCUT2D eigenvalue weighted by Crippen LogP contribution is 2.41. The third-order valence-corrected chi connectivity index (χ3v) is 6.99. The smallest absolute Gasteiger partial charge is 0.246 e. The average Bonchev–Trinajstić information content (AvgIpc) is 3.09. The Kier molecular flexibility index (Phi) is 6.14. The molecule has 2 heterocycles. The lowest BCUT2D eigenvalue weighted by atomic mass is 9.95. The molecule has 0 saturated carbocycles. The largest absolute Gasteiger partial charge is 0.496 e. The maximum atomic E-state index is 13.0. The Morgan fingerprint density at radius 3 is 2.47 bits per heavy atom. The van der Waals surface area contributed by atoms with Crippen LogP contribution in [0.2, 0.25) is 0 Å². The van der Waals surface area contributed by atoms with Gasteiger partial charge in [-0.2, -0.15) is 0 Å². The van der Waals surface area contributed by atoms with E-state index in [1.54, 1.807) is 13.2 Å². The monoisotopic (exact) mass is 453 g/mol. The molecule has 5 rings (SSSR count). The summed E-state index contributed by atoms with van der Waals surface area (Å²) in [6.07, 6.45) is 8.16. The fourth-order valence-electron chi connectivity index (χ4n) is 5.10. The van der Waals surface area contributed by atoms with E-state index in [4.69, 9.17) is 9.15 Å². The second kappa shape index (κ2) is 9.38. The van der Waals surface area contributed by atoms with E-state index in [1.807, 2.05) is 25.0 Å². The van der Waals surface area contributed by atoms with Gasteiger partial charge in [-0.1, -0.05) is 49.2 Å². The topological polar surface area (TPSA) is 42.7 Å². The molecule has 34 heavy (non-hydrogen) atoms. The van der Waals surface area contributed by atoms with E-state index < -0.39 is 0 Å². The molecule has 3 aromatic carbocycles. The molecule has 1 aromatic heterocycles. The van der Waals surface area contributed by atoms with E-state index in [0.717, 1.165) is 70.5 Å². The minimum atomic E-state index is 0.0844. The highest BCUT2D eigenvalue weighted by molar-refractivity contribution is 6.02. The molecule has 0 bridgehead atoms. The summed E-state index contributed by atoms with van der Waals surface area (Å²) in [6.45, 7) is 5.69. The Bertz CT molecular complexity index is 1390. The first-order chi connectivity index (χ1) is 16.6. The van der Waals surface area contributed by atoms with Gasteiger partial charge in [0, 0.05) is 41.2 Å². The van der Waals surface area contributed by atoms with Crippen molar-refractivity contribution in [3.05, 3.63) is 72.0 Å². The van der Waals surface area contributed by atoms with Crippen LogP contribution < -0.4 is 4.74 Å². The maximum absolute atomic E-state index is 13.0. The number of likely N-dealkylation sites (tertiary alicyclic amines) is 1. The van der Waals surface area contributed by atoms with Crippen LogP contribution in [0, 0.1) is 6.92 Å². The first-order valence-electron chi connectivity index (χ1n) is 12.1. The van der Waals surface area contributed by atoms with Crippen LogP contribution in [0.5, 0.6) is 5.75 Å². The zero-order valence-corrected chi connectivity index (χ0v) is 20.2. The molecule has 1 fully saturated rings. The van der Waals surface area contributed by atoms with Gasteiger partial charge >= 0.3 is 0 Å². The molecule has 0 N–H and O–H groups in total. The van der Waals surface area contributed by atoms with E-state index in [1.165, 1.54) is 23.6 Å². The number of aryl methyl sites for hydroxylation is 1. The van der Waals surface area contributed by atoms with Crippen molar-refractivity contribution >= 4 is 33.2 Å². The van der Waals surface area contributed by atoms with Crippen molar-refractivity contribution in [1.82, 2.24) is 4.90 Å². The van der Waals surface area contributed by atoms with E-state index >= 15 is 0 Å². The van der Waals surface area contributed by atoms with E-state index in [0.29, 0.717) is 0 Å². The molecule has 4 aromatic rings. The molecule has 1 aliphatic rings. The van der Waals surface area contributed by atoms with Crippen LogP contribution in [0.3, 0.4) is 0 Å². The Morgan fingerprint density at radius 1 is 1.00 bits per heavy atom.